The molecule has 1 aliphatic heterocycles. The van der Waals surface area contributed by atoms with E-state index in [9.17, 15) is 9.90 Å². The van der Waals surface area contributed by atoms with Gasteiger partial charge in [0.1, 0.15) is 5.54 Å². The summed E-state index contributed by atoms with van der Waals surface area (Å²) in [5, 5.41) is 12.8. The fourth-order valence-electron chi connectivity index (χ4n) is 3.20. The molecule has 1 saturated heterocycles. The van der Waals surface area contributed by atoms with Crippen molar-refractivity contribution in [3.05, 3.63) is 0 Å². The van der Waals surface area contributed by atoms with Gasteiger partial charge >= 0.3 is 5.97 Å². The number of carboxylic acids is 1. The first kappa shape index (κ1) is 18.4. The molecule has 124 valence electrons. The molecule has 1 rings (SSSR count). The van der Waals surface area contributed by atoms with Gasteiger partial charge in [-0.2, -0.15) is 0 Å². The maximum atomic E-state index is 11.7. The van der Waals surface area contributed by atoms with E-state index in [4.69, 9.17) is 4.74 Å². The van der Waals surface area contributed by atoms with Gasteiger partial charge in [0.25, 0.3) is 0 Å². The smallest absolute Gasteiger partial charge is 0.323 e. The van der Waals surface area contributed by atoms with Crippen molar-refractivity contribution >= 4 is 5.97 Å². The average molecular weight is 300 g/mol. The number of aliphatic carboxylic acids is 1. The number of nitrogens with one attached hydrogen (secondary N) is 1. The highest BCUT2D eigenvalue weighted by molar-refractivity contribution is 5.78. The first-order valence-corrected chi connectivity index (χ1v) is 8.19. The van der Waals surface area contributed by atoms with Crippen molar-refractivity contribution in [2.24, 2.45) is 0 Å². The maximum absolute atomic E-state index is 11.7. The van der Waals surface area contributed by atoms with Gasteiger partial charge in [-0.1, -0.05) is 6.92 Å². The lowest BCUT2D eigenvalue weighted by molar-refractivity contribution is -0.145. The zero-order valence-electron chi connectivity index (χ0n) is 14.0. The minimum Gasteiger partial charge on any atom is -0.480 e. The van der Waals surface area contributed by atoms with Crippen molar-refractivity contribution in [2.75, 3.05) is 26.7 Å². The number of hydrogen-bond acceptors (Lipinski definition) is 4. The molecule has 0 aromatic heterocycles. The van der Waals surface area contributed by atoms with E-state index in [2.05, 4.69) is 10.2 Å². The minimum atomic E-state index is -0.779. The molecule has 0 radical (unpaired) electrons. The highest BCUT2D eigenvalue weighted by Gasteiger charge is 2.36. The van der Waals surface area contributed by atoms with Crippen LogP contribution in [0.5, 0.6) is 0 Å². The van der Waals surface area contributed by atoms with Crippen molar-refractivity contribution in [3.8, 4) is 0 Å². The third-order valence-electron chi connectivity index (χ3n) is 4.52. The van der Waals surface area contributed by atoms with E-state index in [0.29, 0.717) is 18.9 Å². The van der Waals surface area contributed by atoms with Gasteiger partial charge in [-0.15, -0.1) is 0 Å². The summed E-state index contributed by atoms with van der Waals surface area (Å²) in [7, 11) is 1.78. The van der Waals surface area contributed by atoms with Gasteiger partial charge in [-0.05, 0) is 52.5 Å². The van der Waals surface area contributed by atoms with Crippen LogP contribution in [0.1, 0.15) is 52.9 Å². The van der Waals surface area contributed by atoms with Crippen LogP contribution in [0.2, 0.25) is 0 Å². The van der Waals surface area contributed by atoms with E-state index in [1.165, 1.54) is 0 Å². The monoisotopic (exact) mass is 300 g/mol. The van der Waals surface area contributed by atoms with Crippen molar-refractivity contribution in [2.45, 2.75) is 70.6 Å². The Bertz CT molecular complexity index is 315. The highest BCUT2D eigenvalue weighted by Crippen LogP contribution is 2.21. The summed E-state index contributed by atoms with van der Waals surface area (Å²) in [6, 6.07) is 0.179. The molecule has 0 aromatic carbocycles. The number of hydrogen-bond donors (Lipinski definition) is 2. The predicted molar refractivity (Wildman–Crippen MR) is 84.6 cm³/mol. The molecule has 0 amide bonds. The van der Waals surface area contributed by atoms with Crippen molar-refractivity contribution in [1.82, 2.24) is 10.2 Å². The molecule has 0 saturated carbocycles. The second kappa shape index (κ2) is 8.71. The Morgan fingerprint density at radius 1 is 1.43 bits per heavy atom. The van der Waals surface area contributed by atoms with Crippen molar-refractivity contribution in [3.63, 3.8) is 0 Å². The van der Waals surface area contributed by atoms with Gasteiger partial charge in [0, 0.05) is 26.2 Å². The first-order chi connectivity index (χ1) is 9.93. The second-order valence-corrected chi connectivity index (χ2v) is 6.42. The molecule has 2 N–H and O–H groups in total. The van der Waals surface area contributed by atoms with Crippen LogP contribution in [0.3, 0.4) is 0 Å². The molecule has 5 heteroatoms. The summed E-state index contributed by atoms with van der Waals surface area (Å²) in [5.74, 6) is -0.725. The molecule has 0 bridgehead atoms. The summed E-state index contributed by atoms with van der Waals surface area (Å²) in [6.45, 7) is 9.05. The number of ether oxygens (including phenoxy) is 1. The predicted octanol–water partition coefficient (Wildman–Crippen LogP) is 2.11. The molecule has 1 aliphatic rings. The molecule has 0 spiro atoms. The second-order valence-electron chi connectivity index (χ2n) is 6.42. The lowest BCUT2D eigenvalue weighted by Gasteiger charge is -2.34. The number of likely N-dealkylation sites (tertiary alicyclic amines) is 1. The van der Waals surface area contributed by atoms with Crippen LogP contribution in [-0.4, -0.2) is 60.4 Å². The Balaban J connectivity index is 2.42. The molecule has 1 heterocycles. The summed E-state index contributed by atoms with van der Waals surface area (Å²) in [4.78, 5) is 14.1. The van der Waals surface area contributed by atoms with Crippen LogP contribution in [0, 0.1) is 0 Å². The number of methoxy groups -OCH3 is 1. The van der Waals surface area contributed by atoms with Gasteiger partial charge in [-0.25, -0.2) is 0 Å². The van der Waals surface area contributed by atoms with Crippen LogP contribution >= 0.6 is 0 Å². The molecule has 1 unspecified atom stereocenters. The minimum absolute atomic E-state index is 0.179. The average Bonchev–Trinajstić information content (AvgIpc) is 2.46. The number of rotatable bonds is 9. The summed E-state index contributed by atoms with van der Waals surface area (Å²) >= 11 is 0. The molecular formula is C16H32N2O3. The summed E-state index contributed by atoms with van der Waals surface area (Å²) in [5.41, 5.74) is -0.779. The molecule has 21 heavy (non-hydrogen) atoms. The van der Waals surface area contributed by atoms with E-state index < -0.39 is 11.5 Å². The lowest BCUT2D eigenvalue weighted by atomic mass is 9.89. The molecular weight excluding hydrogens is 268 g/mol. The Morgan fingerprint density at radius 3 is 2.48 bits per heavy atom. The Hall–Kier alpha value is -0.650. The molecule has 1 fully saturated rings. The van der Waals surface area contributed by atoms with Gasteiger partial charge in [0.15, 0.2) is 0 Å². The van der Waals surface area contributed by atoms with Crippen LogP contribution in [0.25, 0.3) is 0 Å². The van der Waals surface area contributed by atoms with E-state index in [0.717, 1.165) is 38.9 Å². The van der Waals surface area contributed by atoms with Crippen molar-refractivity contribution < 1.29 is 14.6 Å². The third-order valence-corrected chi connectivity index (χ3v) is 4.52. The van der Waals surface area contributed by atoms with E-state index in [-0.39, 0.29) is 6.04 Å². The molecule has 5 nitrogen and oxygen atoms in total. The lowest BCUT2D eigenvalue weighted by Crippen LogP contribution is -2.54. The Morgan fingerprint density at radius 2 is 2.05 bits per heavy atom. The van der Waals surface area contributed by atoms with Crippen LogP contribution in [0.4, 0.5) is 0 Å². The zero-order chi connectivity index (χ0) is 15.9. The quantitative estimate of drug-likeness (QED) is 0.683. The number of piperidine rings is 1. The number of carbonyl (C=O) groups is 1. The summed E-state index contributed by atoms with van der Waals surface area (Å²) in [6.07, 6.45) is 4.78. The third kappa shape index (κ3) is 5.57. The number of carboxylic acid groups (broad SMARTS) is 1. The maximum Gasteiger partial charge on any atom is 0.323 e. The van der Waals surface area contributed by atoms with E-state index >= 15 is 0 Å². The number of nitrogens with zero attached hydrogens (tertiary/aromatic N) is 1. The van der Waals surface area contributed by atoms with Gasteiger partial charge < -0.3 is 14.7 Å². The Labute approximate surface area is 129 Å². The molecule has 0 aromatic rings. The van der Waals surface area contributed by atoms with Gasteiger partial charge in [0.05, 0.1) is 6.10 Å². The normalized spacial score (nSPS) is 20.6. The fourth-order valence-corrected chi connectivity index (χ4v) is 3.20. The highest BCUT2D eigenvalue weighted by atomic mass is 16.5. The molecule has 0 aliphatic carbocycles. The van der Waals surface area contributed by atoms with E-state index in [1.54, 1.807) is 7.11 Å². The standard InChI is InChI=1S/C16H32N2O3/c1-5-16(15(19)20,17-13(2)3)9-6-10-18-11-7-14(21-4)8-12-18/h13-14,17H,5-12H2,1-4H3,(H,19,20). The topological polar surface area (TPSA) is 61.8 Å². The van der Waals surface area contributed by atoms with E-state index in [1.807, 2.05) is 20.8 Å². The Kier molecular flexibility index (Phi) is 7.63. The van der Waals surface area contributed by atoms with Crippen molar-refractivity contribution in [1.29, 1.82) is 0 Å². The molecule has 1 atom stereocenters. The van der Waals surface area contributed by atoms with Crippen LogP contribution in [-0.2, 0) is 9.53 Å². The zero-order valence-corrected chi connectivity index (χ0v) is 14.0. The first-order valence-electron chi connectivity index (χ1n) is 8.19. The summed E-state index contributed by atoms with van der Waals surface area (Å²) < 4.78 is 5.38. The SMILES string of the molecule is CCC(CCCN1CCC(OC)CC1)(NC(C)C)C(=O)O. The fraction of sp³-hybridized carbons (Fsp3) is 0.938. The van der Waals surface area contributed by atoms with Crippen LogP contribution in [0.15, 0.2) is 0 Å². The van der Waals surface area contributed by atoms with Crippen LogP contribution < -0.4 is 5.32 Å². The van der Waals surface area contributed by atoms with Gasteiger partial charge in [0.2, 0.25) is 0 Å². The van der Waals surface area contributed by atoms with Gasteiger partial charge in [-0.3, -0.25) is 10.1 Å². The largest absolute Gasteiger partial charge is 0.480 e.